The lowest BCUT2D eigenvalue weighted by atomic mass is 10.2. The second kappa shape index (κ2) is 7.89. The van der Waals surface area contributed by atoms with E-state index < -0.39 is 0 Å². The first-order chi connectivity index (χ1) is 12.0. The van der Waals surface area contributed by atoms with E-state index in [-0.39, 0.29) is 18.1 Å². The Bertz CT molecular complexity index is 753. The summed E-state index contributed by atoms with van der Waals surface area (Å²) in [6.45, 7) is 2.95. The van der Waals surface area contributed by atoms with Gasteiger partial charge in [-0.3, -0.25) is 9.69 Å². The van der Waals surface area contributed by atoms with Crippen LogP contribution in [0.15, 0.2) is 53.0 Å². The number of amides is 1. The first-order valence-electron chi connectivity index (χ1n) is 8.18. The smallest absolute Gasteiger partial charge is 0.241 e. The third kappa shape index (κ3) is 4.32. The summed E-state index contributed by atoms with van der Waals surface area (Å²) < 4.78 is 12.6. The van der Waals surface area contributed by atoms with Crippen molar-refractivity contribution in [1.29, 1.82) is 0 Å². The lowest BCUT2D eigenvalue weighted by Gasteiger charge is -2.31. The highest BCUT2D eigenvalue weighted by Crippen LogP contribution is 2.31. The van der Waals surface area contributed by atoms with Crippen LogP contribution in [0.5, 0.6) is 11.5 Å². The lowest BCUT2D eigenvalue weighted by Crippen LogP contribution is -2.46. The van der Waals surface area contributed by atoms with Gasteiger partial charge in [-0.1, -0.05) is 24.3 Å². The first kappa shape index (κ1) is 17.8. The zero-order chi connectivity index (χ0) is 17.8. The van der Waals surface area contributed by atoms with Crippen LogP contribution >= 0.6 is 15.9 Å². The summed E-state index contributed by atoms with van der Waals surface area (Å²) >= 11 is 3.44. The van der Waals surface area contributed by atoms with Gasteiger partial charge in [0.2, 0.25) is 5.91 Å². The van der Waals surface area contributed by atoms with Crippen molar-refractivity contribution in [3.8, 4) is 11.5 Å². The molecule has 0 saturated heterocycles. The fourth-order valence-corrected chi connectivity index (χ4v) is 3.02. The molecule has 1 heterocycles. The van der Waals surface area contributed by atoms with Gasteiger partial charge in [-0.15, -0.1) is 0 Å². The van der Waals surface area contributed by atoms with Crippen LogP contribution in [0.2, 0.25) is 0 Å². The zero-order valence-electron chi connectivity index (χ0n) is 14.2. The fourth-order valence-electron chi connectivity index (χ4n) is 2.63. The van der Waals surface area contributed by atoms with E-state index in [1.807, 2.05) is 67.4 Å². The Morgan fingerprint density at radius 3 is 2.68 bits per heavy atom. The van der Waals surface area contributed by atoms with E-state index in [9.17, 15) is 4.79 Å². The van der Waals surface area contributed by atoms with E-state index in [2.05, 4.69) is 21.2 Å². The van der Waals surface area contributed by atoms with Gasteiger partial charge >= 0.3 is 0 Å². The van der Waals surface area contributed by atoms with E-state index in [1.165, 1.54) is 0 Å². The number of hydrogen-bond donors (Lipinski definition) is 1. The van der Waals surface area contributed by atoms with Crippen LogP contribution in [0, 0.1) is 0 Å². The number of hydrogen-bond acceptors (Lipinski definition) is 4. The third-order valence-electron chi connectivity index (χ3n) is 4.23. The van der Waals surface area contributed by atoms with Crippen molar-refractivity contribution >= 4 is 27.5 Å². The molecule has 0 bridgehead atoms. The average Bonchev–Trinajstić information content (AvgIpc) is 2.62. The molecular weight excluding hydrogens is 384 g/mol. The molecule has 25 heavy (non-hydrogen) atoms. The van der Waals surface area contributed by atoms with Gasteiger partial charge in [-0.2, -0.15) is 0 Å². The largest absolute Gasteiger partial charge is 0.486 e. The first-order valence-corrected chi connectivity index (χ1v) is 8.98. The molecule has 2 atom stereocenters. The van der Waals surface area contributed by atoms with Crippen molar-refractivity contribution in [3.05, 3.63) is 53.0 Å². The number of halogens is 1. The Morgan fingerprint density at radius 2 is 1.92 bits per heavy atom. The molecule has 1 aliphatic heterocycles. The highest BCUT2D eigenvalue weighted by atomic mass is 79.9. The van der Waals surface area contributed by atoms with Crippen molar-refractivity contribution in [1.82, 2.24) is 4.90 Å². The predicted molar refractivity (Wildman–Crippen MR) is 101 cm³/mol. The van der Waals surface area contributed by atoms with Crippen LogP contribution in [0.3, 0.4) is 0 Å². The molecule has 0 spiro atoms. The number of anilines is 1. The molecule has 3 rings (SSSR count). The molecule has 2 unspecified atom stereocenters. The topological polar surface area (TPSA) is 50.8 Å². The second-order valence-corrected chi connectivity index (χ2v) is 6.94. The van der Waals surface area contributed by atoms with Crippen LogP contribution in [-0.4, -0.2) is 43.2 Å². The minimum atomic E-state index is -0.298. The molecule has 5 nitrogen and oxygen atoms in total. The van der Waals surface area contributed by atoms with E-state index in [0.29, 0.717) is 13.2 Å². The van der Waals surface area contributed by atoms with Crippen molar-refractivity contribution in [3.63, 3.8) is 0 Å². The normalized spacial score (nSPS) is 17.2. The molecule has 1 amide bonds. The number of fused-ring (bicyclic) bond motifs is 1. The Kier molecular flexibility index (Phi) is 5.60. The van der Waals surface area contributed by atoms with Gasteiger partial charge in [0.05, 0.1) is 11.7 Å². The van der Waals surface area contributed by atoms with Gasteiger partial charge in [-0.25, -0.2) is 0 Å². The zero-order valence-corrected chi connectivity index (χ0v) is 15.8. The number of nitrogens with one attached hydrogen (secondary N) is 1. The fraction of sp³-hybridized carbons (Fsp3) is 0.316. The van der Waals surface area contributed by atoms with Gasteiger partial charge in [-0.05, 0) is 54.2 Å². The van der Waals surface area contributed by atoms with Gasteiger partial charge in [0.15, 0.2) is 11.5 Å². The predicted octanol–water partition coefficient (Wildman–Crippen LogP) is 3.55. The van der Waals surface area contributed by atoms with E-state index >= 15 is 0 Å². The lowest BCUT2D eigenvalue weighted by molar-refractivity contribution is -0.120. The summed E-state index contributed by atoms with van der Waals surface area (Å²) in [7, 11) is 1.91. The minimum absolute atomic E-state index is 0.0634. The molecule has 132 valence electrons. The average molecular weight is 405 g/mol. The molecule has 0 radical (unpaired) electrons. The second-order valence-electron chi connectivity index (χ2n) is 6.08. The van der Waals surface area contributed by atoms with Crippen molar-refractivity contribution in [2.75, 3.05) is 25.5 Å². The summed E-state index contributed by atoms with van der Waals surface area (Å²) in [5.41, 5.74) is 0.763. The van der Waals surface area contributed by atoms with Gasteiger partial charge in [0.25, 0.3) is 0 Å². The Labute approximate surface area is 156 Å². The molecule has 0 fully saturated rings. The summed E-state index contributed by atoms with van der Waals surface area (Å²) in [6, 6.07) is 14.9. The summed E-state index contributed by atoms with van der Waals surface area (Å²) in [6.07, 6.45) is -0.112. The highest BCUT2D eigenvalue weighted by Gasteiger charge is 2.26. The van der Waals surface area contributed by atoms with Gasteiger partial charge in [0.1, 0.15) is 12.7 Å². The summed E-state index contributed by atoms with van der Waals surface area (Å²) in [5.74, 6) is 1.45. The summed E-state index contributed by atoms with van der Waals surface area (Å²) in [5, 5.41) is 2.94. The molecule has 0 aliphatic carbocycles. The van der Waals surface area contributed by atoms with Crippen LogP contribution in [0.4, 0.5) is 5.69 Å². The summed E-state index contributed by atoms with van der Waals surface area (Å²) in [4.78, 5) is 14.5. The number of benzene rings is 2. The van der Waals surface area contributed by atoms with Crippen LogP contribution in [0.25, 0.3) is 0 Å². The number of carbonyl (C=O) groups is 1. The standard InChI is InChI=1S/C19H21BrN2O3/c1-13(19(23)21-16-8-4-3-7-15(16)20)22(2)11-14-12-24-17-9-5-6-10-18(17)25-14/h3-10,13-14H,11-12H2,1-2H3,(H,21,23). The van der Waals surface area contributed by atoms with Crippen molar-refractivity contribution in [2.45, 2.75) is 19.1 Å². The van der Waals surface area contributed by atoms with Crippen LogP contribution in [-0.2, 0) is 4.79 Å². The van der Waals surface area contributed by atoms with Crippen LogP contribution < -0.4 is 14.8 Å². The molecule has 2 aromatic rings. The van der Waals surface area contributed by atoms with Gasteiger partial charge in [0, 0.05) is 11.0 Å². The van der Waals surface area contributed by atoms with Gasteiger partial charge < -0.3 is 14.8 Å². The molecule has 2 aromatic carbocycles. The van der Waals surface area contributed by atoms with Crippen LogP contribution in [0.1, 0.15) is 6.92 Å². The maximum atomic E-state index is 12.5. The number of ether oxygens (including phenoxy) is 2. The van der Waals surface area contributed by atoms with E-state index in [4.69, 9.17) is 9.47 Å². The minimum Gasteiger partial charge on any atom is -0.486 e. The maximum absolute atomic E-state index is 12.5. The number of para-hydroxylation sites is 3. The quantitative estimate of drug-likeness (QED) is 0.827. The Morgan fingerprint density at radius 1 is 1.24 bits per heavy atom. The molecular formula is C19H21BrN2O3. The van der Waals surface area contributed by atoms with E-state index in [0.717, 1.165) is 21.7 Å². The molecule has 1 N–H and O–H groups in total. The third-order valence-corrected chi connectivity index (χ3v) is 4.92. The van der Waals surface area contributed by atoms with E-state index in [1.54, 1.807) is 0 Å². The highest BCUT2D eigenvalue weighted by molar-refractivity contribution is 9.10. The van der Waals surface area contributed by atoms with Crippen molar-refractivity contribution in [2.24, 2.45) is 0 Å². The monoisotopic (exact) mass is 404 g/mol. The maximum Gasteiger partial charge on any atom is 0.241 e. The number of carbonyl (C=O) groups excluding carboxylic acids is 1. The Balaban J connectivity index is 1.57. The number of likely N-dealkylation sites (N-methyl/N-ethyl adjacent to an activating group) is 1. The Hall–Kier alpha value is -2.05. The molecule has 0 saturated carbocycles. The number of rotatable bonds is 5. The molecule has 1 aliphatic rings. The molecule has 6 heteroatoms. The SMILES string of the molecule is CC(C(=O)Nc1ccccc1Br)N(C)CC1COc2ccccc2O1. The number of nitrogens with zero attached hydrogens (tertiary/aromatic N) is 1. The molecule has 0 aromatic heterocycles. The van der Waals surface area contributed by atoms with Crippen molar-refractivity contribution < 1.29 is 14.3 Å².